The lowest BCUT2D eigenvalue weighted by atomic mass is 10.1. The van der Waals surface area contributed by atoms with Crippen LogP contribution in [0.2, 0.25) is 5.02 Å². The number of ether oxygens (including phenoxy) is 1. The highest BCUT2D eigenvalue weighted by molar-refractivity contribution is 6.30. The molecule has 0 spiro atoms. The number of carbonyl (C=O) groups is 1. The summed E-state index contributed by atoms with van der Waals surface area (Å²) in [6, 6.07) is 12.8. The van der Waals surface area contributed by atoms with Crippen molar-refractivity contribution in [2.45, 2.75) is 6.42 Å². The molecule has 4 rings (SSSR count). The fourth-order valence-corrected chi connectivity index (χ4v) is 3.26. The SMILES string of the molecule is COc1ncccc1-c1cnc2[nH]cc(CC(=O)Nc3cccc(Cl)c3)c2c1. The summed E-state index contributed by atoms with van der Waals surface area (Å²) in [7, 11) is 1.58. The van der Waals surface area contributed by atoms with Gasteiger partial charge in [-0.25, -0.2) is 9.97 Å². The van der Waals surface area contributed by atoms with Gasteiger partial charge in [-0.1, -0.05) is 17.7 Å². The van der Waals surface area contributed by atoms with E-state index in [1.807, 2.05) is 18.2 Å². The zero-order valence-electron chi connectivity index (χ0n) is 15.1. The molecular weight excluding hydrogens is 376 g/mol. The molecule has 140 valence electrons. The van der Waals surface area contributed by atoms with Gasteiger partial charge in [0.25, 0.3) is 0 Å². The molecule has 0 bridgehead atoms. The first kappa shape index (κ1) is 18.0. The Bertz CT molecular complexity index is 1160. The quantitative estimate of drug-likeness (QED) is 0.525. The van der Waals surface area contributed by atoms with Crippen LogP contribution in [0.15, 0.2) is 61.1 Å². The Balaban J connectivity index is 1.62. The van der Waals surface area contributed by atoms with Crippen LogP contribution < -0.4 is 10.1 Å². The van der Waals surface area contributed by atoms with Gasteiger partial charge in [0.2, 0.25) is 11.8 Å². The van der Waals surface area contributed by atoms with Crippen molar-refractivity contribution in [3.8, 4) is 17.0 Å². The number of H-pyrrole nitrogens is 1. The number of anilines is 1. The minimum atomic E-state index is -0.132. The maximum atomic E-state index is 12.5. The van der Waals surface area contributed by atoms with E-state index in [2.05, 4.69) is 20.3 Å². The lowest BCUT2D eigenvalue weighted by Gasteiger charge is -2.08. The van der Waals surface area contributed by atoms with Gasteiger partial charge in [0, 0.05) is 45.8 Å². The van der Waals surface area contributed by atoms with Crippen LogP contribution in [0.25, 0.3) is 22.2 Å². The van der Waals surface area contributed by atoms with Crippen molar-refractivity contribution in [3.05, 3.63) is 71.6 Å². The second kappa shape index (κ2) is 7.70. The number of halogens is 1. The highest BCUT2D eigenvalue weighted by atomic mass is 35.5. The standard InChI is InChI=1S/C21H17ClN4O2/c1-28-21-17(6-3-7-23-21)13-8-18-14(12-25-20(18)24-11-13)9-19(27)26-16-5-2-4-15(22)10-16/h2-8,10-12H,9H2,1H3,(H,24,25)(H,26,27). The normalized spacial score (nSPS) is 10.8. The Hall–Kier alpha value is -3.38. The first-order valence-electron chi connectivity index (χ1n) is 8.65. The lowest BCUT2D eigenvalue weighted by molar-refractivity contribution is -0.115. The second-order valence-corrected chi connectivity index (χ2v) is 6.67. The molecule has 0 saturated heterocycles. The van der Waals surface area contributed by atoms with Crippen molar-refractivity contribution in [1.29, 1.82) is 0 Å². The van der Waals surface area contributed by atoms with Crippen LogP contribution in [0.1, 0.15) is 5.56 Å². The average Bonchev–Trinajstić information content (AvgIpc) is 3.10. The van der Waals surface area contributed by atoms with E-state index in [1.165, 1.54) is 0 Å². The predicted octanol–water partition coefficient (Wildman–Crippen LogP) is 4.47. The summed E-state index contributed by atoms with van der Waals surface area (Å²) < 4.78 is 5.34. The second-order valence-electron chi connectivity index (χ2n) is 6.23. The third kappa shape index (κ3) is 3.68. The molecule has 6 nitrogen and oxygen atoms in total. The Morgan fingerprint density at radius 1 is 1.21 bits per heavy atom. The van der Waals surface area contributed by atoms with Gasteiger partial charge in [-0.05, 0) is 42.0 Å². The molecule has 4 aromatic rings. The fraction of sp³-hybridized carbons (Fsp3) is 0.0952. The summed E-state index contributed by atoms with van der Waals surface area (Å²) in [6.45, 7) is 0. The van der Waals surface area contributed by atoms with Crippen molar-refractivity contribution in [2.24, 2.45) is 0 Å². The fourth-order valence-electron chi connectivity index (χ4n) is 3.07. The smallest absolute Gasteiger partial charge is 0.228 e. The van der Waals surface area contributed by atoms with Crippen LogP contribution in [-0.4, -0.2) is 28.0 Å². The van der Waals surface area contributed by atoms with E-state index < -0.39 is 0 Å². The topological polar surface area (TPSA) is 79.9 Å². The molecule has 1 aromatic carbocycles. The number of methoxy groups -OCH3 is 1. The van der Waals surface area contributed by atoms with Gasteiger partial charge in [-0.15, -0.1) is 0 Å². The third-order valence-corrected chi connectivity index (χ3v) is 4.59. The Morgan fingerprint density at radius 3 is 2.93 bits per heavy atom. The number of rotatable bonds is 5. The summed E-state index contributed by atoms with van der Waals surface area (Å²) in [5.41, 5.74) is 3.95. The van der Waals surface area contributed by atoms with E-state index >= 15 is 0 Å². The largest absolute Gasteiger partial charge is 0.481 e. The van der Waals surface area contributed by atoms with E-state index in [1.54, 1.807) is 50.0 Å². The van der Waals surface area contributed by atoms with Gasteiger partial charge in [-0.2, -0.15) is 0 Å². The van der Waals surface area contributed by atoms with Crippen LogP contribution in [0.5, 0.6) is 5.88 Å². The molecule has 0 atom stereocenters. The lowest BCUT2D eigenvalue weighted by Crippen LogP contribution is -2.14. The summed E-state index contributed by atoms with van der Waals surface area (Å²) >= 11 is 5.97. The van der Waals surface area contributed by atoms with Crippen molar-refractivity contribution < 1.29 is 9.53 Å². The van der Waals surface area contributed by atoms with E-state index in [-0.39, 0.29) is 12.3 Å². The molecule has 0 saturated carbocycles. The Labute approximate surface area is 166 Å². The summed E-state index contributed by atoms with van der Waals surface area (Å²) in [5, 5.41) is 4.32. The van der Waals surface area contributed by atoms with Crippen molar-refractivity contribution in [3.63, 3.8) is 0 Å². The van der Waals surface area contributed by atoms with Crippen molar-refractivity contribution in [1.82, 2.24) is 15.0 Å². The number of nitrogens with one attached hydrogen (secondary N) is 2. The molecule has 0 aliphatic carbocycles. The third-order valence-electron chi connectivity index (χ3n) is 4.35. The molecule has 7 heteroatoms. The van der Waals surface area contributed by atoms with Crippen molar-refractivity contribution in [2.75, 3.05) is 12.4 Å². The van der Waals surface area contributed by atoms with Gasteiger partial charge in [0.1, 0.15) is 5.65 Å². The molecule has 3 aromatic heterocycles. The molecule has 0 unspecified atom stereocenters. The Kier molecular flexibility index (Phi) is 4.95. The average molecular weight is 393 g/mol. The number of aromatic nitrogens is 3. The summed E-state index contributed by atoms with van der Waals surface area (Å²) in [5.74, 6) is 0.395. The number of amides is 1. The molecule has 0 aliphatic rings. The molecule has 0 fully saturated rings. The highest BCUT2D eigenvalue weighted by Gasteiger charge is 2.13. The van der Waals surface area contributed by atoms with Gasteiger partial charge >= 0.3 is 0 Å². The van der Waals surface area contributed by atoms with Crippen LogP contribution >= 0.6 is 11.6 Å². The maximum absolute atomic E-state index is 12.5. The summed E-state index contributed by atoms with van der Waals surface area (Å²) in [4.78, 5) is 24.3. The number of hydrogen-bond acceptors (Lipinski definition) is 4. The van der Waals surface area contributed by atoms with Gasteiger partial charge in [0.15, 0.2) is 0 Å². The number of aromatic amines is 1. The van der Waals surface area contributed by atoms with Gasteiger partial charge < -0.3 is 15.0 Å². The zero-order chi connectivity index (χ0) is 19.5. The van der Waals surface area contributed by atoms with Gasteiger partial charge in [-0.3, -0.25) is 4.79 Å². The Morgan fingerprint density at radius 2 is 2.11 bits per heavy atom. The predicted molar refractivity (Wildman–Crippen MR) is 110 cm³/mol. The number of fused-ring (bicyclic) bond motifs is 1. The molecular formula is C21H17ClN4O2. The molecule has 28 heavy (non-hydrogen) atoms. The van der Waals surface area contributed by atoms with E-state index in [4.69, 9.17) is 16.3 Å². The molecule has 1 amide bonds. The van der Waals surface area contributed by atoms with Crippen LogP contribution in [0, 0.1) is 0 Å². The van der Waals surface area contributed by atoms with E-state index in [9.17, 15) is 4.79 Å². The molecule has 2 N–H and O–H groups in total. The zero-order valence-corrected chi connectivity index (χ0v) is 15.8. The van der Waals surface area contributed by atoms with E-state index in [0.717, 1.165) is 27.7 Å². The number of carbonyl (C=O) groups excluding carboxylic acids is 1. The van der Waals surface area contributed by atoms with Crippen LogP contribution in [0.3, 0.4) is 0 Å². The van der Waals surface area contributed by atoms with Gasteiger partial charge in [0.05, 0.1) is 13.5 Å². The number of pyridine rings is 2. The molecule has 0 radical (unpaired) electrons. The van der Waals surface area contributed by atoms with E-state index in [0.29, 0.717) is 16.6 Å². The van der Waals surface area contributed by atoms with Crippen LogP contribution in [0.4, 0.5) is 5.69 Å². The van der Waals surface area contributed by atoms with Crippen molar-refractivity contribution >= 4 is 34.2 Å². The summed E-state index contributed by atoms with van der Waals surface area (Å²) in [6.07, 6.45) is 5.45. The first-order chi connectivity index (χ1) is 13.6. The monoisotopic (exact) mass is 392 g/mol. The molecule has 3 heterocycles. The minimum Gasteiger partial charge on any atom is -0.481 e. The number of nitrogens with zero attached hydrogens (tertiary/aromatic N) is 2. The van der Waals surface area contributed by atoms with Crippen LogP contribution in [-0.2, 0) is 11.2 Å². The maximum Gasteiger partial charge on any atom is 0.228 e. The number of hydrogen-bond donors (Lipinski definition) is 2. The number of benzene rings is 1. The molecule has 0 aliphatic heterocycles. The minimum absolute atomic E-state index is 0.132. The highest BCUT2D eigenvalue weighted by Crippen LogP contribution is 2.30. The first-order valence-corrected chi connectivity index (χ1v) is 9.02.